The second-order valence-corrected chi connectivity index (χ2v) is 6.88. The molecular formula is C22H13F5N2O2. The average Bonchev–Trinajstić information content (AvgIpc) is 3.56. The number of ether oxygens (including phenoxy) is 2. The Hall–Kier alpha value is -3.51. The Kier molecular flexibility index (Phi) is 5.11. The molecule has 1 aliphatic heterocycles. The van der Waals surface area contributed by atoms with E-state index in [2.05, 4.69) is 4.98 Å². The number of hydrogen-bond acceptors (Lipinski definition) is 4. The van der Waals surface area contributed by atoms with Crippen LogP contribution in [0.15, 0.2) is 54.7 Å². The van der Waals surface area contributed by atoms with Crippen molar-refractivity contribution in [3.8, 4) is 11.8 Å². The number of alkyl halides is 2. The van der Waals surface area contributed by atoms with E-state index in [4.69, 9.17) is 14.7 Å². The number of benzene rings is 2. The topological polar surface area (TPSA) is 58.4 Å². The van der Waals surface area contributed by atoms with Crippen molar-refractivity contribution in [2.45, 2.75) is 18.1 Å². The molecule has 1 saturated heterocycles. The van der Waals surface area contributed by atoms with Gasteiger partial charge in [-0.2, -0.15) is 14.0 Å². The van der Waals surface area contributed by atoms with Crippen LogP contribution < -0.4 is 4.74 Å². The number of halogens is 5. The van der Waals surface area contributed by atoms with Gasteiger partial charge in [0.2, 0.25) is 0 Å². The van der Waals surface area contributed by atoms with Crippen molar-refractivity contribution in [3.63, 3.8) is 0 Å². The third-order valence-corrected chi connectivity index (χ3v) is 4.93. The van der Waals surface area contributed by atoms with Gasteiger partial charge in [0, 0.05) is 23.4 Å². The molecule has 9 heteroatoms. The van der Waals surface area contributed by atoms with Crippen LogP contribution in [0, 0.1) is 28.8 Å². The molecule has 31 heavy (non-hydrogen) atoms. The van der Waals surface area contributed by atoms with Gasteiger partial charge in [-0.25, -0.2) is 13.2 Å². The van der Waals surface area contributed by atoms with E-state index >= 15 is 8.78 Å². The van der Waals surface area contributed by atoms with E-state index in [9.17, 15) is 13.2 Å². The largest absolute Gasteiger partial charge is 0.486 e. The summed E-state index contributed by atoms with van der Waals surface area (Å²) < 4.78 is 81.8. The maximum atomic E-state index is 15.1. The van der Waals surface area contributed by atoms with Crippen molar-refractivity contribution in [2.75, 3.05) is 6.61 Å². The lowest BCUT2D eigenvalue weighted by Crippen LogP contribution is -2.34. The lowest BCUT2D eigenvalue weighted by Gasteiger charge is -2.24. The zero-order valence-electron chi connectivity index (χ0n) is 15.7. The molecule has 2 aromatic carbocycles. The van der Waals surface area contributed by atoms with E-state index in [-0.39, 0.29) is 17.9 Å². The minimum absolute atomic E-state index is 0.162. The molecule has 2 heterocycles. The monoisotopic (exact) mass is 432 g/mol. The van der Waals surface area contributed by atoms with E-state index in [1.54, 1.807) is 6.07 Å². The van der Waals surface area contributed by atoms with Crippen LogP contribution in [0.3, 0.4) is 0 Å². The molecule has 158 valence electrons. The fourth-order valence-electron chi connectivity index (χ4n) is 3.17. The molecule has 4 nitrogen and oxygen atoms in total. The molecule has 1 atom stereocenters. The van der Waals surface area contributed by atoms with Crippen molar-refractivity contribution in [2.24, 2.45) is 0 Å². The Morgan fingerprint density at radius 1 is 1.13 bits per heavy atom. The van der Waals surface area contributed by atoms with Gasteiger partial charge < -0.3 is 9.47 Å². The van der Waals surface area contributed by atoms with Crippen molar-refractivity contribution in [1.29, 1.82) is 5.26 Å². The summed E-state index contributed by atoms with van der Waals surface area (Å²) in [4.78, 5) is 3.75. The van der Waals surface area contributed by atoms with Crippen LogP contribution in [0.4, 0.5) is 22.0 Å². The van der Waals surface area contributed by atoms with Gasteiger partial charge in [0.1, 0.15) is 30.0 Å². The summed E-state index contributed by atoms with van der Waals surface area (Å²) in [6, 6.07) is 10.4. The maximum Gasteiger partial charge on any atom is 0.324 e. The fourth-order valence-corrected chi connectivity index (χ4v) is 3.17. The quantitative estimate of drug-likeness (QED) is 0.408. The fraction of sp³-hybridized carbons (Fsp3) is 0.182. The molecule has 1 aromatic heterocycles. The highest BCUT2D eigenvalue weighted by Gasteiger charge is 2.68. The summed E-state index contributed by atoms with van der Waals surface area (Å²) >= 11 is 0. The molecule has 0 spiro atoms. The highest BCUT2D eigenvalue weighted by molar-refractivity contribution is 5.39. The van der Waals surface area contributed by atoms with Crippen molar-refractivity contribution in [3.05, 3.63) is 94.6 Å². The standard InChI is InChI=1S/C22H13F5N2O2/c23-15-5-6-16(17(24)8-15)21(12-31-21)22(26,27)19-7-4-13(10-29-19)11-30-18-3-1-2-14(9-28)20(18)25/h1-8,10H,11-12H2. The van der Waals surface area contributed by atoms with Crippen molar-refractivity contribution < 1.29 is 31.4 Å². The van der Waals surface area contributed by atoms with Crippen LogP contribution in [0.2, 0.25) is 0 Å². The maximum absolute atomic E-state index is 15.1. The van der Waals surface area contributed by atoms with Crippen LogP contribution >= 0.6 is 0 Å². The Morgan fingerprint density at radius 3 is 2.52 bits per heavy atom. The highest BCUT2D eigenvalue weighted by Crippen LogP contribution is 2.56. The summed E-state index contributed by atoms with van der Waals surface area (Å²) in [5, 5.41) is 8.84. The Balaban J connectivity index is 1.53. The van der Waals surface area contributed by atoms with Gasteiger partial charge in [-0.05, 0) is 30.3 Å². The molecule has 0 amide bonds. The van der Waals surface area contributed by atoms with Gasteiger partial charge in [-0.3, -0.25) is 4.98 Å². The zero-order chi connectivity index (χ0) is 22.2. The number of hydrogen-bond donors (Lipinski definition) is 0. The first-order valence-corrected chi connectivity index (χ1v) is 9.02. The van der Waals surface area contributed by atoms with Crippen molar-refractivity contribution in [1.82, 2.24) is 4.98 Å². The van der Waals surface area contributed by atoms with Gasteiger partial charge in [0.05, 0.1) is 12.2 Å². The number of aromatic nitrogens is 1. The van der Waals surface area contributed by atoms with Crippen LogP contribution in [-0.4, -0.2) is 11.6 Å². The van der Waals surface area contributed by atoms with Gasteiger partial charge >= 0.3 is 5.92 Å². The number of nitrogens with zero attached hydrogens (tertiary/aromatic N) is 2. The molecule has 0 N–H and O–H groups in total. The number of nitriles is 1. The van der Waals surface area contributed by atoms with E-state index in [1.165, 1.54) is 24.3 Å². The lowest BCUT2D eigenvalue weighted by molar-refractivity contribution is -0.0902. The SMILES string of the molecule is N#Cc1cccc(OCc2ccc(C(F)(F)C3(c4ccc(F)cc4F)CO3)nc2)c1F. The van der Waals surface area contributed by atoms with E-state index < -0.39 is 46.8 Å². The summed E-state index contributed by atoms with van der Waals surface area (Å²) in [6.45, 7) is -0.636. The van der Waals surface area contributed by atoms with Gasteiger partial charge in [0.25, 0.3) is 0 Å². The van der Waals surface area contributed by atoms with Gasteiger partial charge in [-0.1, -0.05) is 12.1 Å². The zero-order valence-corrected chi connectivity index (χ0v) is 15.7. The molecule has 1 aliphatic rings. The predicted octanol–water partition coefficient (Wildman–Crippen LogP) is 4.97. The van der Waals surface area contributed by atoms with Gasteiger partial charge in [0.15, 0.2) is 17.2 Å². The first-order valence-electron chi connectivity index (χ1n) is 9.02. The number of rotatable bonds is 6. The molecule has 1 unspecified atom stereocenters. The van der Waals surface area contributed by atoms with Crippen LogP contribution in [-0.2, 0) is 22.9 Å². The van der Waals surface area contributed by atoms with E-state index in [0.29, 0.717) is 11.6 Å². The van der Waals surface area contributed by atoms with Crippen LogP contribution in [0.25, 0.3) is 0 Å². The molecule has 4 rings (SSSR count). The summed E-state index contributed by atoms with van der Waals surface area (Å²) in [5.41, 5.74) is -3.22. The lowest BCUT2D eigenvalue weighted by atomic mass is 9.90. The normalized spacial score (nSPS) is 17.8. The summed E-state index contributed by atoms with van der Waals surface area (Å²) in [6.07, 6.45) is 1.12. The average molecular weight is 432 g/mol. The second-order valence-electron chi connectivity index (χ2n) is 6.88. The summed E-state index contributed by atoms with van der Waals surface area (Å²) in [7, 11) is 0. The molecule has 3 aromatic rings. The molecule has 0 radical (unpaired) electrons. The molecule has 0 aliphatic carbocycles. The third kappa shape index (κ3) is 3.59. The first kappa shape index (κ1) is 20.8. The highest BCUT2D eigenvalue weighted by atomic mass is 19.3. The Labute approximate surface area is 173 Å². The number of pyridine rings is 1. The first-order chi connectivity index (χ1) is 14.8. The molecule has 0 bridgehead atoms. The third-order valence-electron chi connectivity index (χ3n) is 4.93. The smallest absolute Gasteiger partial charge is 0.324 e. The van der Waals surface area contributed by atoms with Crippen LogP contribution in [0.1, 0.15) is 22.4 Å². The molecule has 0 saturated carbocycles. The van der Waals surface area contributed by atoms with E-state index in [1.807, 2.05) is 0 Å². The molecular weight excluding hydrogens is 419 g/mol. The molecule has 1 fully saturated rings. The van der Waals surface area contributed by atoms with Gasteiger partial charge in [-0.15, -0.1) is 0 Å². The Bertz CT molecular complexity index is 1170. The predicted molar refractivity (Wildman–Crippen MR) is 97.6 cm³/mol. The summed E-state index contributed by atoms with van der Waals surface area (Å²) in [5.74, 6) is -6.71. The second kappa shape index (κ2) is 7.63. The van der Waals surface area contributed by atoms with Crippen molar-refractivity contribution >= 4 is 0 Å². The van der Waals surface area contributed by atoms with Crippen LogP contribution in [0.5, 0.6) is 5.75 Å². The number of epoxide rings is 1. The van der Waals surface area contributed by atoms with E-state index in [0.717, 1.165) is 24.4 Å². The minimum Gasteiger partial charge on any atom is -0.486 e. The minimum atomic E-state index is -3.70. The Morgan fingerprint density at radius 2 is 1.90 bits per heavy atom.